The van der Waals surface area contributed by atoms with Gasteiger partial charge in [-0.1, -0.05) is 19.1 Å². The number of carbonyl (C=O) groups excluding carboxylic acids is 1. The molecule has 106 valence electrons. The first-order chi connectivity index (χ1) is 9.00. The summed E-state index contributed by atoms with van der Waals surface area (Å²) >= 11 is 0. The molecule has 0 unspecified atom stereocenters. The van der Waals surface area contributed by atoms with E-state index in [9.17, 15) is 4.79 Å². The molecule has 0 aliphatic rings. The van der Waals surface area contributed by atoms with Crippen molar-refractivity contribution in [1.82, 2.24) is 5.32 Å². The van der Waals surface area contributed by atoms with Crippen LogP contribution in [0, 0.1) is 0 Å². The van der Waals surface area contributed by atoms with Gasteiger partial charge in [0.1, 0.15) is 0 Å². The third kappa shape index (κ3) is 4.91. The van der Waals surface area contributed by atoms with E-state index in [1.807, 2.05) is 38.1 Å². The zero-order chi connectivity index (χ0) is 14.3. The number of hydrogen-bond donors (Lipinski definition) is 2. The Kier molecular flexibility index (Phi) is 5.83. The molecule has 1 rings (SSSR count). The minimum atomic E-state index is -0.385. The number of ether oxygens (including phenoxy) is 1. The molecule has 0 spiro atoms. The number of hydrogen-bond acceptors (Lipinski definition) is 3. The number of methoxy groups -OCH3 is 1. The maximum absolute atomic E-state index is 12.3. The number of amides is 1. The van der Waals surface area contributed by atoms with Gasteiger partial charge in [0.2, 0.25) is 0 Å². The van der Waals surface area contributed by atoms with Crippen molar-refractivity contribution in [1.29, 1.82) is 0 Å². The summed E-state index contributed by atoms with van der Waals surface area (Å²) in [6, 6.07) is 7.55. The average molecular weight is 264 g/mol. The molecule has 2 N–H and O–H groups in total. The van der Waals surface area contributed by atoms with Crippen molar-refractivity contribution in [2.45, 2.75) is 32.7 Å². The van der Waals surface area contributed by atoms with Crippen molar-refractivity contribution in [2.75, 3.05) is 25.6 Å². The van der Waals surface area contributed by atoms with E-state index in [1.54, 1.807) is 7.11 Å². The fourth-order valence-corrected chi connectivity index (χ4v) is 1.87. The van der Waals surface area contributed by atoms with Crippen LogP contribution in [0.2, 0.25) is 0 Å². The molecule has 0 saturated carbocycles. The Hall–Kier alpha value is -1.55. The number of anilines is 1. The van der Waals surface area contributed by atoms with Gasteiger partial charge in [-0.3, -0.25) is 4.79 Å². The van der Waals surface area contributed by atoms with Gasteiger partial charge >= 0.3 is 0 Å². The highest BCUT2D eigenvalue weighted by Crippen LogP contribution is 2.16. The maximum atomic E-state index is 12.3. The van der Waals surface area contributed by atoms with Gasteiger partial charge in [-0.2, -0.15) is 0 Å². The Morgan fingerprint density at radius 1 is 1.32 bits per heavy atom. The van der Waals surface area contributed by atoms with Gasteiger partial charge in [0.15, 0.2) is 0 Å². The summed E-state index contributed by atoms with van der Waals surface area (Å²) in [5.41, 5.74) is 1.15. The van der Waals surface area contributed by atoms with Gasteiger partial charge in [0.05, 0.1) is 17.7 Å². The van der Waals surface area contributed by atoms with Crippen LogP contribution in [0.4, 0.5) is 5.69 Å². The normalized spacial score (nSPS) is 11.2. The quantitative estimate of drug-likeness (QED) is 0.796. The Morgan fingerprint density at radius 2 is 2.00 bits per heavy atom. The van der Waals surface area contributed by atoms with Crippen LogP contribution in [0.25, 0.3) is 0 Å². The Morgan fingerprint density at radius 3 is 2.63 bits per heavy atom. The predicted molar refractivity (Wildman–Crippen MR) is 78.6 cm³/mol. The topological polar surface area (TPSA) is 50.4 Å². The fourth-order valence-electron chi connectivity index (χ4n) is 1.87. The lowest BCUT2D eigenvalue weighted by Gasteiger charge is -2.25. The monoisotopic (exact) mass is 264 g/mol. The molecule has 1 amide bonds. The molecule has 19 heavy (non-hydrogen) atoms. The first-order valence-corrected chi connectivity index (χ1v) is 6.64. The second-order valence-corrected chi connectivity index (χ2v) is 5.24. The van der Waals surface area contributed by atoms with Gasteiger partial charge in [-0.05, 0) is 32.4 Å². The van der Waals surface area contributed by atoms with Crippen LogP contribution in [-0.2, 0) is 4.74 Å². The molecule has 0 heterocycles. The molecule has 0 saturated heterocycles. The lowest BCUT2D eigenvalue weighted by molar-refractivity contribution is 0.0820. The van der Waals surface area contributed by atoms with E-state index in [0.717, 1.165) is 18.7 Å². The van der Waals surface area contributed by atoms with Crippen LogP contribution < -0.4 is 10.6 Å². The standard InChI is InChI=1S/C15H24N2O2/c1-5-10-16-13-9-7-6-8-12(13)14(18)17-15(2,3)11-19-4/h6-9,16H,5,10-11H2,1-4H3,(H,17,18). The second-order valence-electron chi connectivity index (χ2n) is 5.24. The molecule has 0 aromatic heterocycles. The second kappa shape index (κ2) is 7.14. The summed E-state index contributed by atoms with van der Waals surface area (Å²) in [6.45, 7) is 7.30. The van der Waals surface area contributed by atoms with E-state index in [1.165, 1.54) is 0 Å². The fraction of sp³-hybridized carbons (Fsp3) is 0.533. The minimum Gasteiger partial charge on any atom is -0.384 e. The van der Waals surface area contributed by atoms with E-state index in [2.05, 4.69) is 17.6 Å². The van der Waals surface area contributed by atoms with Gasteiger partial charge in [0, 0.05) is 19.3 Å². The molecule has 1 aromatic carbocycles. The van der Waals surface area contributed by atoms with E-state index in [4.69, 9.17) is 4.74 Å². The van der Waals surface area contributed by atoms with Crippen molar-refractivity contribution in [3.63, 3.8) is 0 Å². The van der Waals surface area contributed by atoms with Crippen molar-refractivity contribution < 1.29 is 9.53 Å². The minimum absolute atomic E-state index is 0.0822. The third-order valence-electron chi connectivity index (χ3n) is 2.69. The summed E-state index contributed by atoms with van der Waals surface area (Å²) in [4.78, 5) is 12.3. The van der Waals surface area contributed by atoms with E-state index < -0.39 is 0 Å². The molecule has 4 nitrogen and oxygen atoms in total. The zero-order valence-corrected chi connectivity index (χ0v) is 12.2. The maximum Gasteiger partial charge on any atom is 0.253 e. The summed E-state index contributed by atoms with van der Waals surface area (Å²) in [6.07, 6.45) is 1.02. The zero-order valence-electron chi connectivity index (χ0n) is 12.2. The van der Waals surface area contributed by atoms with Crippen molar-refractivity contribution in [3.05, 3.63) is 29.8 Å². The highest BCUT2D eigenvalue weighted by atomic mass is 16.5. The Labute approximate surface area is 115 Å². The van der Waals surface area contributed by atoms with Gasteiger partial charge in [-0.15, -0.1) is 0 Å². The first-order valence-electron chi connectivity index (χ1n) is 6.64. The number of rotatable bonds is 7. The van der Waals surface area contributed by atoms with Crippen molar-refractivity contribution in [3.8, 4) is 0 Å². The van der Waals surface area contributed by atoms with Crippen LogP contribution in [0.15, 0.2) is 24.3 Å². The molecule has 0 atom stereocenters. The Balaban J connectivity index is 2.81. The van der Waals surface area contributed by atoms with E-state index >= 15 is 0 Å². The van der Waals surface area contributed by atoms with Gasteiger partial charge in [-0.25, -0.2) is 0 Å². The highest BCUT2D eigenvalue weighted by molar-refractivity contribution is 6.00. The lowest BCUT2D eigenvalue weighted by atomic mass is 10.1. The van der Waals surface area contributed by atoms with Crippen LogP contribution in [-0.4, -0.2) is 31.7 Å². The van der Waals surface area contributed by atoms with Crippen LogP contribution >= 0.6 is 0 Å². The summed E-state index contributed by atoms with van der Waals surface area (Å²) in [7, 11) is 1.63. The third-order valence-corrected chi connectivity index (χ3v) is 2.69. The summed E-state index contributed by atoms with van der Waals surface area (Å²) in [5.74, 6) is -0.0822. The predicted octanol–water partition coefficient (Wildman–Crippen LogP) is 2.66. The lowest BCUT2D eigenvalue weighted by Crippen LogP contribution is -2.46. The molecule has 1 aromatic rings. The average Bonchev–Trinajstić information content (AvgIpc) is 2.36. The molecular weight excluding hydrogens is 240 g/mol. The van der Waals surface area contributed by atoms with Crippen molar-refractivity contribution in [2.24, 2.45) is 0 Å². The van der Waals surface area contributed by atoms with Gasteiger partial charge < -0.3 is 15.4 Å². The summed E-state index contributed by atoms with van der Waals surface area (Å²) < 4.78 is 5.11. The molecule has 0 bridgehead atoms. The largest absolute Gasteiger partial charge is 0.384 e. The first kappa shape index (κ1) is 15.5. The SMILES string of the molecule is CCCNc1ccccc1C(=O)NC(C)(C)COC. The van der Waals surface area contributed by atoms with Gasteiger partial charge in [0.25, 0.3) is 5.91 Å². The van der Waals surface area contributed by atoms with Crippen molar-refractivity contribution >= 4 is 11.6 Å². The Bertz CT molecular complexity index is 416. The molecule has 0 radical (unpaired) electrons. The number of para-hydroxylation sites is 1. The smallest absolute Gasteiger partial charge is 0.253 e. The van der Waals surface area contributed by atoms with Crippen LogP contribution in [0.3, 0.4) is 0 Å². The highest BCUT2D eigenvalue weighted by Gasteiger charge is 2.22. The number of nitrogens with one attached hydrogen (secondary N) is 2. The van der Waals surface area contributed by atoms with Crippen LogP contribution in [0.1, 0.15) is 37.6 Å². The number of carbonyl (C=O) groups is 1. The summed E-state index contributed by atoms with van der Waals surface area (Å²) in [5, 5.41) is 6.26. The molecule has 0 fully saturated rings. The van der Waals surface area contributed by atoms with E-state index in [-0.39, 0.29) is 11.4 Å². The molecule has 0 aliphatic carbocycles. The van der Waals surface area contributed by atoms with Crippen LogP contribution in [0.5, 0.6) is 0 Å². The molecule has 4 heteroatoms. The molecule has 0 aliphatic heterocycles. The molecular formula is C15H24N2O2. The van der Waals surface area contributed by atoms with E-state index in [0.29, 0.717) is 12.2 Å². The number of benzene rings is 1.